The number of halogens is 1. The minimum atomic E-state index is 0. The largest absolute Gasteiger partial charge is 1.00 e. The van der Waals surface area contributed by atoms with E-state index >= 15 is 0 Å². The molecule has 0 bridgehead atoms. The van der Waals surface area contributed by atoms with Gasteiger partial charge in [0.15, 0.2) is 18.1 Å². The van der Waals surface area contributed by atoms with Gasteiger partial charge in [0.1, 0.15) is 0 Å². The summed E-state index contributed by atoms with van der Waals surface area (Å²) in [6.45, 7) is 2.18. The van der Waals surface area contributed by atoms with Gasteiger partial charge in [-0.05, 0) is 5.56 Å². The second-order valence-electron chi connectivity index (χ2n) is 4.76. The number of anilines is 1. The molecule has 106 valence electrons. The van der Waals surface area contributed by atoms with E-state index in [1.54, 1.807) is 0 Å². The average Bonchev–Trinajstić information content (AvgIpc) is 2.45. The van der Waals surface area contributed by atoms with E-state index in [-0.39, 0.29) is 24.0 Å². The molecule has 0 aliphatic rings. The van der Waals surface area contributed by atoms with E-state index in [4.69, 9.17) is 0 Å². The predicted octanol–water partition coefficient (Wildman–Crippen LogP) is 0.234. The molecule has 1 aromatic heterocycles. The maximum atomic E-state index is 2.23. The molecule has 20 heavy (non-hydrogen) atoms. The Balaban J connectivity index is 0.00000200. The first-order valence-electron chi connectivity index (χ1n) is 6.65. The Hall–Kier alpha value is -1.36. The lowest BCUT2D eigenvalue weighted by atomic mass is 10.2. The molecule has 0 spiro atoms. The van der Waals surface area contributed by atoms with Gasteiger partial charge >= 0.3 is 0 Å². The van der Waals surface area contributed by atoms with Crippen LogP contribution in [0.25, 0.3) is 12.3 Å². The maximum Gasteiger partial charge on any atom is 0.188 e. The van der Waals surface area contributed by atoms with Crippen molar-refractivity contribution in [1.29, 1.82) is 0 Å². The standard InChI is InChI=1S/C17H21N2.HI/c1-4-16-14-17(18(2)3)11-13-19(16)12-10-15-8-6-5-7-9-15;/h5-14H,4H2,1-3H3;1H/q+1;/p-1. The lowest BCUT2D eigenvalue weighted by molar-refractivity contribution is -0.576. The van der Waals surface area contributed by atoms with Crippen LogP contribution in [0.15, 0.2) is 48.7 Å². The molecule has 0 unspecified atom stereocenters. The summed E-state index contributed by atoms with van der Waals surface area (Å²) in [7, 11) is 4.14. The minimum absolute atomic E-state index is 0. The molecular weight excluding hydrogens is 359 g/mol. The molecular formula is C17H21IN2. The quantitative estimate of drug-likeness (QED) is 0.545. The normalized spacial score (nSPS) is 10.3. The van der Waals surface area contributed by atoms with Gasteiger partial charge in [-0.1, -0.05) is 37.3 Å². The molecule has 0 saturated carbocycles. The van der Waals surface area contributed by atoms with Crippen LogP contribution in [0, 0.1) is 0 Å². The molecule has 2 rings (SSSR count). The van der Waals surface area contributed by atoms with Gasteiger partial charge < -0.3 is 28.9 Å². The summed E-state index contributed by atoms with van der Waals surface area (Å²) in [5, 5.41) is 0. The molecule has 0 fully saturated rings. The average molecular weight is 380 g/mol. The van der Waals surface area contributed by atoms with Crippen LogP contribution in [0.2, 0.25) is 0 Å². The summed E-state index contributed by atoms with van der Waals surface area (Å²) in [6.07, 6.45) is 7.39. The highest BCUT2D eigenvalue weighted by Crippen LogP contribution is 2.11. The molecule has 0 saturated heterocycles. The molecule has 2 nitrogen and oxygen atoms in total. The van der Waals surface area contributed by atoms with Crippen LogP contribution >= 0.6 is 0 Å². The van der Waals surface area contributed by atoms with Crippen molar-refractivity contribution in [3.63, 3.8) is 0 Å². The fraction of sp³-hybridized carbons (Fsp3) is 0.235. The first kappa shape index (κ1) is 16.7. The lowest BCUT2D eigenvalue weighted by Crippen LogP contribution is -3.00. The molecule has 1 heterocycles. The van der Waals surface area contributed by atoms with Gasteiger partial charge in [0.05, 0.1) is 0 Å². The van der Waals surface area contributed by atoms with Crippen molar-refractivity contribution in [2.45, 2.75) is 13.3 Å². The predicted molar refractivity (Wildman–Crippen MR) is 82.0 cm³/mol. The van der Waals surface area contributed by atoms with E-state index in [1.807, 2.05) is 6.07 Å². The first-order chi connectivity index (χ1) is 9.20. The van der Waals surface area contributed by atoms with Crippen molar-refractivity contribution in [1.82, 2.24) is 0 Å². The summed E-state index contributed by atoms with van der Waals surface area (Å²) < 4.78 is 2.18. The van der Waals surface area contributed by atoms with Crippen LogP contribution in [0.3, 0.4) is 0 Å². The summed E-state index contributed by atoms with van der Waals surface area (Å²) in [5.41, 5.74) is 3.76. The molecule has 0 atom stereocenters. The van der Waals surface area contributed by atoms with Crippen LogP contribution in [0.1, 0.15) is 18.2 Å². The van der Waals surface area contributed by atoms with E-state index in [9.17, 15) is 0 Å². The number of aryl methyl sites for hydroxylation is 1. The van der Waals surface area contributed by atoms with Crippen LogP contribution in [-0.4, -0.2) is 14.1 Å². The molecule has 0 aliphatic heterocycles. The highest BCUT2D eigenvalue weighted by Gasteiger charge is 2.08. The minimum Gasteiger partial charge on any atom is -1.00 e. The van der Waals surface area contributed by atoms with Gasteiger partial charge in [-0.15, -0.1) is 0 Å². The molecule has 0 radical (unpaired) electrons. The molecule has 0 N–H and O–H groups in total. The number of hydrogen-bond donors (Lipinski definition) is 0. The Morgan fingerprint density at radius 3 is 2.40 bits per heavy atom. The second-order valence-corrected chi connectivity index (χ2v) is 4.76. The molecule has 1 aromatic carbocycles. The van der Waals surface area contributed by atoms with Gasteiger partial charge in [0.25, 0.3) is 0 Å². The van der Waals surface area contributed by atoms with Crippen molar-refractivity contribution in [3.8, 4) is 0 Å². The highest BCUT2D eigenvalue weighted by molar-refractivity contribution is 5.56. The molecule has 0 aliphatic carbocycles. The third kappa shape index (κ3) is 4.34. The topological polar surface area (TPSA) is 7.12 Å². The van der Waals surface area contributed by atoms with Crippen LogP contribution < -0.4 is 33.4 Å². The number of benzene rings is 1. The Kier molecular flexibility index (Phi) is 6.71. The Bertz CT molecular complexity index is 562. The van der Waals surface area contributed by atoms with Gasteiger partial charge in [-0.3, -0.25) is 0 Å². The van der Waals surface area contributed by atoms with E-state index in [0.717, 1.165) is 6.42 Å². The fourth-order valence-corrected chi connectivity index (χ4v) is 1.98. The van der Waals surface area contributed by atoms with Gasteiger partial charge in [0.2, 0.25) is 0 Å². The lowest BCUT2D eigenvalue weighted by Gasteiger charge is -2.11. The van der Waals surface area contributed by atoms with Crippen molar-refractivity contribution < 1.29 is 28.5 Å². The smallest absolute Gasteiger partial charge is 0.188 e. The summed E-state index contributed by atoms with van der Waals surface area (Å²) in [4.78, 5) is 2.13. The maximum absolute atomic E-state index is 2.23. The zero-order valence-electron chi connectivity index (χ0n) is 12.3. The van der Waals surface area contributed by atoms with Gasteiger partial charge in [0, 0.05) is 44.4 Å². The van der Waals surface area contributed by atoms with Crippen LogP contribution in [-0.2, 0) is 6.42 Å². The third-order valence-electron chi connectivity index (χ3n) is 3.16. The first-order valence-corrected chi connectivity index (χ1v) is 6.65. The Morgan fingerprint density at radius 2 is 1.80 bits per heavy atom. The van der Waals surface area contributed by atoms with Crippen LogP contribution in [0.4, 0.5) is 5.69 Å². The number of pyridine rings is 1. The summed E-state index contributed by atoms with van der Waals surface area (Å²) in [6, 6.07) is 14.7. The third-order valence-corrected chi connectivity index (χ3v) is 3.16. The Labute approximate surface area is 138 Å². The molecule has 3 heteroatoms. The van der Waals surface area contributed by atoms with Crippen molar-refractivity contribution in [2.75, 3.05) is 19.0 Å². The number of rotatable bonds is 4. The fourth-order valence-electron chi connectivity index (χ4n) is 1.98. The van der Waals surface area contributed by atoms with Crippen molar-refractivity contribution >= 4 is 18.0 Å². The van der Waals surface area contributed by atoms with Gasteiger partial charge in [-0.2, -0.15) is 4.57 Å². The van der Waals surface area contributed by atoms with Gasteiger partial charge in [-0.25, -0.2) is 0 Å². The zero-order chi connectivity index (χ0) is 13.7. The summed E-state index contributed by atoms with van der Waals surface area (Å²) >= 11 is 0. The van der Waals surface area contributed by atoms with E-state index in [2.05, 4.69) is 85.4 Å². The SMILES string of the molecule is CCc1cc(N(C)C)cc[n+]1C=Cc1ccccc1.[I-]. The number of hydrogen-bond acceptors (Lipinski definition) is 1. The number of nitrogens with zero attached hydrogens (tertiary/aromatic N) is 2. The van der Waals surface area contributed by atoms with Crippen LogP contribution in [0.5, 0.6) is 0 Å². The van der Waals surface area contributed by atoms with E-state index in [0.29, 0.717) is 0 Å². The van der Waals surface area contributed by atoms with E-state index in [1.165, 1.54) is 16.9 Å². The monoisotopic (exact) mass is 380 g/mol. The number of aromatic nitrogens is 1. The molecule has 0 amide bonds. The van der Waals surface area contributed by atoms with Crippen molar-refractivity contribution in [2.24, 2.45) is 0 Å². The summed E-state index contributed by atoms with van der Waals surface area (Å²) in [5.74, 6) is 0. The highest BCUT2D eigenvalue weighted by atomic mass is 127. The van der Waals surface area contributed by atoms with Crippen molar-refractivity contribution in [3.05, 3.63) is 59.9 Å². The Morgan fingerprint density at radius 1 is 1.10 bits per heavy atom. The zero-order valence-corrected chi connectivity index (χ0v) is 14.4. The van der Waals surface area contributed by atoms with E-state index < -0.39 is 0 Å². The molecule has 2 aromatic rings. The second kappa shape index (κ2) is 8.04.